The van der Waals surface area contributed by atoms with E-state index in [-0.39, 0.29) is 5.56 Å². The molecule has 0 unspecified atom stereocenters. The van der Waals surface area contributed by atoms with Crippen LogP contribution in [0.25, 0.3) is 0 Å². The molecule has 0 spiro atoms. The minimum absolute atomic E-state index is 0.0646. The standard InChI is InChI=1S/C17H22N4O2/c22-17-10-14-2-1-3-16(14)19-21(17)11-13-5-8-20(9-6-13)12-15-4-7-18-23-15/h4,7,10,13H,1-3,5-6,8-9,11-12H2. The van der Waals surface area contributed by atoms with Crippen molar-refractivity contribution in [2.45, 2.75) is 45.2 Å². The maximum atomic E-state index is 12.2. The van der Waals surface area contributed by atoms with Gasteiger partial charge in [-0.1, -0.05) is 5.16 Å². The predicted octanol–water partition coefficient (Wildman–Crippen LogP) is 1.63. The zero-order valence-electron chi connectivity index (χ0n) is 13.3. The molecule has 23 heavy (non-hydrogen) atoms. The van der Waals surface area contributed by atoms with Gasteiger partial charge in [-0.15, -0.1) is 0 Å². The van der Waals surface area contributed by atoms with Crippen LogP contribution < -0.4 is 5.56 Å². The van der Waals surface area contributed by atoms with Crippen LogP contribution in [0.4, 0.5) is 0 Å². The lowest BCUT2D eigenvalue weighted by molar-refractivity contribution is 0.150. The summed E-state index contributed by atoms with van der Waals surface area (Å²) in [6.45, 7) is 3.64. The molecule has 0 bridgehead atoms. The van der Waals surface area contributed by atoms with Crippen molar-refractivity contribution in [2.24, 2.45) is 5.92 Å². The van der Waals surface area contributed by atoms with Gasteiger partial charge in [-0.3, -0.25) is 9.69 Å². The maximum absolute atomic E-state index is 12.2. The van der Waals surface area contributed by atoms with Crippen LogP contribution in [0.2, 0.25) is 0 Å². The number of hydrogen-bond acceptors (Lipinski definition) is 5. The van der Waals surface area contributed by atoms with Gasteiger partial charge in [0.05, 0.1) is 18.4 Å². The van der Waals surface area contributed by atoms with Crippen LogP contribution in [0.3, 0.4) is 0 Å². The van der Waals surface area contributed by atoms with Crippen molar-refractivity contribution in [1.82, 2.24) is 19.8 Å². The molecule has 122 valence electrons. The van der Waals surface area contributed by atoms with E-state index in [0.717, 1.165) is 75.3 Å². The Morgan fingerprint density at radius 2 is 2.13 bits per heavy atom. The van der Waals surface area contributed by atoms with Crippen LogP contribution in [0.15, 0.2) is 27.6 Å². The summed E-state index contributed by atoms with van der Waals surface area (Å²) in [4.78, 5) is 14.6. The van der Waals surface area contributed by atoms with Crippen molar-refractivity contribution in [3.8, 4) is 0 Å². The van der Waals surface area contributed by atoms with E-state index in [4.69, 9.17) is 4.52 Å². The Kier molecular flexibility index (Phi) is 3.99. The van der Waals surface area contributed by atoms with Gasteiger partial charge in [-0.25, -0.2) is 4.68 Å². The van der Waals surface area contributed by atoms with Crippen LogP contribution in [-0.4, -0.2) is 32.9 Å². The summed E-state index contributed by atoms with van der Waals surface area (Å²) in [5.74, 6) is 1.45. The third-order valence-corrected chi connectivity index (χ3v) is 5.03. The Hall–Kier alpha value is -1.95. The number of hydrogen-bond donors (Lipinski definition) is 0. The molecule has 1 aliphatic carbocycles. The normalized spacial score (nSPS) is 19.1. The minimum Gasteiger partial charge on any atom is -0.360 e. The molecule has 0 saturated carbocycles. The summed E-state index contributed by atoms with van der Waals surface area (Å²) in [5, 5.41) is 8.34. The average molecular weight is 314 g/mol. The molecule has 4 rings (SSSR count). The van der Waals surface area contributed by atoms with Gasteiger partial charge in [0, 0.05) is 18.7 Å². The summed E-state index contributed by atoms with van der Waals surface area (Å²) >= 11 is 0. The lowest BCUT2D eigenvalue weighted by atomic mass is 9.97. The monoisotopic (exact) mass is 314 g/mol. The molecule has 1 aliphatic heterocycles. The molecule has 6 heteroatoms. The van der Waals surface area contributed by atoms with Crippen molar-refractivity contribution < 1.29 is 4.52 Å². The van der Waals surface area contributed by atoms with Crippen molar-refractivity contribution in [2.75, 3.05) is 13.1 Å². The Morgan fingerprint density at radius 3 is 2.91 bits per heavy atom. The zero-order chi connectivity index (χ0) is 15.6. The fourth-order valence-corrected chi connectivity index (χ4v) is 3.69. The van der Waals surface area contributed by atoms with Gasteiger partial charge in [0.25, 0.3) is 5.56 Å². The Labute approximate surface area is 135 Å². The molecule has 2 aliphatic rings. The largest absolute Gasteiger partial charge is 0.360 e. The van der Waals surface area contributed by atoms with Gasteiger partial charge in [0.2, 0.25) is 0 Å². The van der Waals surface area contributed by atoms with E-state index < -0.39 is 0 Å². The number of fused-ring (bicyclic) bond motifs is 1. The Morgan fingerprint density at radius 1 is 1.26 bits per heavy atom. The number of piperidine rings is 1. The van der Waals surface area contributed by atoms with Crippen LogP contribution in [0.5, 0.6) is 0 Å². The number of aromatic nitrogens is 3. The molecule has 1 fully saturated rings. The van der Waals surface area contributed by atoms with Gasteiger partial charge >= 0.3 is 0 Å². The highest BCUT2D eigenvalue weighted by molar-refractivity contribution is 5.22. The van der Waals surface area contributed by atoms with Crippen molar-refractivity contribution >= 4 is 0 Å². The highest BCUT2D eigenvalue weighted by atomic mass is 16.5. The molecule has 0 atom stereocenters. The van der Waals surface area contributed by atoms with E-state index in [1.807, 2.05) is 6.07 Å². The molecule has 6 nitrogen and oxygen atoms in total. The van der Waals surface area contributed by atoms with Gasteiger partial charge in [0.15, 0.2) is 5.76 Å². The van der Waals surface area contributed by atoms with Crippen LogP contribution >= 0.6 is 0 Å². The molecular formula is C17H22N4O2. The fourth-order valence-electron chi connectivity index (χ4n) is 3.69. The smallest absolute Gasteiger partial charge is 0.267 e. The molecule has 2 aromatic rings. The summed E-state index contributed by atoms with van der Waals surface area (Å²) in [6, 6.07) is 3.72. The first kappa shape index (κ1) is 14.6. The number of likely N-dealkylation sites (tertiary alicyclic amines) is 1. The van der Waals surface area contributed by atoms with E-state index in [1.54, 1.807) is 16.9 Å². The summed E-state index contributed by atoms with van der Waals surface area (Å²) in [7, 11) is 0. The SMILES string of the molecule is O=c1cc2c(nn1CC1CCN(Cc3ccno3)CC1)CCC2. The van der Waals surface area contributed by atoms with Gasteiger partial charge in [0.1, 0.15) is 0 Å². The van der Waals surface area contributed by atoms with Gasteiger partial charge in [-0.05, 0) is 56.7 Å². The number of rotatable bonds is 4. The highest BCUT2D eigenvalue weighted by Crippen LogP contribution is 2.21. The van der Waals surface area contributed by atoms with Crippen LogP contribution in [-0.2, 0) is 25.9 Å². The number of nitrogens with zero attached hydrogens (tertiary/aromatic N) is 4. The molecule has 0 aromatic carbocycles. The Balaban J connectivity index is 1.35. The average Bonchev–Trinajstić information content (AvgIpc) is 3.21. The van der Waals surface area contributed by atoms with Crippen molar-refractivity contribution in [3.05, 3.63) is 45.7 Å². The molecule has 2 aromatic heterocycles. The molecule has 0 amide bonds. The van der Waals surface area contributed by atoms with Gasteiger partial charge in [-0.2, -0.15) is 5.10 Å². The topological polar surface area (TPSA) is 64.2 Å². The van der Waals surface area contributed by atoms with E-state index in [1.165, 1.54) is 0 Å². The molecule has 0 radical (unpaired) electrons. The van der Waals surface area contributed by atoms with E-state index in [9.17, 15) is 4.79 Å². The second-order valence-electron chi connectivity index (χ2n) is 6.69. The zero-order valence-corrected chi connectivity index (χ0v) is 13.3. The minimum atomic E-state index is 0.0646. The van der Waals surface area contributed by atoms with E-state index >= 15 is 0 Å². The Bertz CT molecular complexity index is 715. The predicted molar refractivity (Wildman–Crippen MR) is 85.0 cm³/mol. The van der Waals surface area contributed by atoms with E-state index in [0.29, 0.717) is 5.92 Å². The van der Waals surface area contributed by atoms with Gasteiger partial charge < -0.3 is 4.52 Å². The first-order chi connectivity index (χ1) is 11.3. The summed E-state index contributed by atoms with van der Waals surface area (Å²) in [5.41, 5.74) is 2.36. The second kappa shape index (κ2) is 6.28. The first-order valence-corrected chi connectivity index (χ1v) is 8.50. The second-order valence-corrected chi connectivity index (χ2v) is 6.69. The maximum Gasteiger partial charge on any atom is 0.267 e. The van der Waals surface area contributed by atoms with Crippen molar-refractivity contribution in [3.63, 3.8) is 0 Å². The van der Waals surface area contributed by atoms with Crippen molar-refractivity contribution in [1.29, 1.82) is 0 Å². The highest BCUT2D eigenvalue weighted by Gasteiger charge is 2.22. The first-order valence-electron chi connectivity index (χ1n) is 8.50. The number of aryl methyl sites for hydroxylation is 2. The molecule has 1 saturated heterocycles. The molecule has 3 heterocycles. The van der Waals surface area contributed by atoms with Crippen LogP contribution in [0, 0.1) is 5.92 Å². The lowest BCUT2D eigenvalue weighted by Gasteiger charge is -2.31. The third kappa shape index (κ3) is 3.22. The fraction of sp³-hybridized carbons (Fsp3) is 0.588. The lowest BCUT2D eigenvalue weighted by Crippen LogP contribution is -2.36. The molecular weight excluding hydrogens is 292 g/mol. The molecule has 0 N–H and O–H groups in total. The third-order valence-electron chi connectivity index (χ3n) is 5.03. The summed E-state index contributed by atoms with van der Waals surface area (Å²) < 4.78 is 6.87. The van der Waals surface area contributed by atoms with E-state index in [2.05, 4.69) is 15.2 Å². The van der Waals surface area contributed by atoms with Crippen LogP contribution in [0.1, 0.15) is 36.3 Å². The quantitative estimate of drug-likeness (QED) is 0.858. The summed E-state index contributed by atoms with van der Waals surface area (Å²) in [6.07, 6.45) is 7.04.